The Morgan fingerprint density at radius 1 is 0.543 bits per heavy atom. The molecule has 70 heavy (non-hydrogen) atoms. The van der Waals surface area contributed by atoms with Crippen molar-refractivity contribution in [2.45, 2.75) is 37.8 Å². The van der Waals surface area contributed by atoms with Gasteiger partial charge in [-0.2, -0.15) is 0 Å². The summed E-state index contributed by atoms with van der Waals surface area (Å²) in [6.07, 6.45) is 21.5. The molecule has 3 nitrogen and oxygen atoms in total. The Bertz CT molecular complexity index is 3550. The molecule has 1 N–H and O–H groups in total. The van der Waals surface area contributed by atoms with E-state index in [4.69, 9.17) is 4.42 Å². The molecule has 9 aromatic rings. The maximum Gasteiger partial charge on any atom is 0.143 e. The largest absolute Gasteiger partial charge is 0.455 e. The molecule has 8 aromatic carbocycles. The first-order valence-corrected chi connectivity index (χ1v) is 24.6. The van der Waals surface area contributed by atoms with Gasteiger partial charge in [0.15, 0.2) is 0 Å². The quantitative estimate of drug-likeness (QED) is 0.165. The second-order valence-electron chi connectivity index (χ2n) is 19.2. The Hall–Kier alpha value is -8.40. The predicted octanol–water partition coefficient (Wildman–Crippen LogP) is 17.5. The molecule has 3 heteroatoms. The lowest BCUT2D eigenvalue weighted by molar-refractivity contribution is 0.644. The average molecular weight is 903 g/mol. The zero-order chi connectivity index (χ0) is 47.0. The number of allylic oxidation sites excluding steroid dienone is 7. The van der Waals surface area contributed by atoms with Gasteiger partial charge in [0, 0.05) is 44.7 Å². The summed E-state index contributed by atoms with van der Waals surface area (Å²) in [6.45, 7) is 4.79. The van der Waals surface area contributed by atoms with Crippen LogP contribution in [0.15, 0.2) is 270 Å². The molecule has 4 aliphatic carbocycles. The van der Waals surface area contributed by atoms with E-state index in [0.29, 0.717) is 5.92 Å². The lowest BCUT2D eigenvalue weighted by Crippen LogP contribution is -2.32. The van der Waals surface area contributed by atoms with Crippen LogP contribution >= 0.6 is 0 Å². The van der Waals surface area contributed by atoms with Crippen molar-refractivity contribution < 1.29 is 4.42 Å². The van der Waals surface area contributed by atoms with Gasteiger partial charge in [-0.1, -0.05) is 226 Å². The number of nitrogens with one attached hydrogen (secondary N) is 1. The molecule has 0 aliphatic heterocycles. The van der Waals surface area contributed by atoms with Crippen LogP contribution in [0.4, 0.5) is 17.1 Å². The topological polar surface area (TPSA) is 28.4 Å². The molecule has 0 saturated carbocycles. The van der Waals surface area contributed by atoms with Crippen LogP contribution in [-0.2, 0) is 5.41 Å². The number of hydrogen-bond donors (Lipinski definition) is 1. The van der Waals surface area contributed by atoms with E-state index in [1.54, 1.807) is 0 Å². The van der Waals surface area contributed by atoms with E-state index in [1.165, 1.54) is 83.5 Å². The minimum absolute atomic E-state index is 0.114. The van der Waals surface area contributed by atoms with Gasteiger partial charge in [0.2, 0.25) is 0 Å². The van der Waals surface area contributed by atoms with Crippen LogP contribution < -0.4 is 10.2 Å². The fourth-order valence-electron chi connectivity index (χ4n) is 11.0. The third-order valence-corrected chi connectivity index (χ3v) is 14.6. The van der Waals surface area contributed by atoms with Gasteiger partial charge in [0.05, 0.1) is 12.1 Å². The number of benzene rings is 8. The Kier molecular flexibility index (Phi) is 11.2. The van der Waals surface area contributed by atoms with Crippen molar-refractivity contribution in [2.24, 2.45) is 5.92 Å². The van der Waals surface area contributed by atoms with E-state index < -0.39 is 0 Å². The van der Waals surface area contributed by atoms with E-state index in [-0.39, 0.29) is 17.5 Å². The standard InChI is InChI=1S/C49H42N2.C18H12O/c1-49(2)46-32-39(50-48-19-11-15-38-14-9-10-18-43(38)48)26-30-44(46)45-31-29-42(33-47(45)49)51(40-16-7-4-8-17-40)41-27-24-37(25-28-41)36-22-20-35(21-23-36)34-12-5-3-6-13-34;1-2-7-13(8-3-1)14-10-6-11-16-15-9-4-5-12-17(15)19-18(14)16/h3-28,30-33,42-43,48,50H,29H2,1-2H3;1-12H. The molecule has 0 saturated heterocycles. The second-order valence-corrected chi connectivity index (χ2v) is 19.2. The number of fused-ring (bicyclic) bond motifs is 7. The van der Waals surface area contributed by atoms with E-state index in [0.717, 1.165) is 23.2 Å². The molecule has 0 amide bonds. The van der Waals surface area contributed by atoms with Crippen molar-refractivity contribution in [1.82, 2.24) is 0 Å². The maximum atomic E-state index is 6.04. The van der Waals surface area contributed by atoms with E-state index in [2.05, 4.69) is 255 Å². The molecule has 1 aromatic heterocycles. The normalized spacial score (nSPS) is 18.1. The summed E-state index contributed by atoms with van der Waals surface area (Å²) >= 11 is 0. The van der Waals surface area contributed by atoms with Gasteiger partial charge in [-0.3, -0.25) is 0 Å². The first-order chi connectivity index (χ1) is 34.5. The van der Waals surface area contributed by atoms with Gasteiger partial charge >= 0.3 is 0 Å². The third kappa shape index (κ3) is 8.03. The molecule has 0 spiro atoms. The molecule has 0 bridgehead atoms. The fourth-order valence-corrected chi connectivity index (χ4v) is 11.0. The lowest BCUT2D eigenvalue weighted by atomic mass is 9.79. The molecule has 3 unspecified atom stereocenters. The summed E-state index contributed by atoms with van der Waals surface area (Å²) in [6, 6.07) is 71.7. The number of para-hydroxylation sites is 3. The Balaban J connectivity index is 0.000000220. The van der Waals surface area contributed by atoms with E-state index in [1.807, 2.05) is 24.3 Å². The lowest BCUT2D eigenvalue weighted by Gasteiger charge is -2.35. The van der Waals surface area contributed by atoms with Crippen molar-refractivity contribution in [3.05, 3.63) is 277 Å². The summed E-state index contributed by atoms with van der Waals surface area (Å²) in [5.74, 6) is 0.355. The Morgan fingerprint density at radius 2 is 1.17 bits per heavy atom. The fraction of sp³-hybridized carbons (Fsp3) is 0.104. The highest BCUT2D eigenvalue weighted by Crippen LogP contribution is 2.53. The van der Waals surface area contributed by atoms with Gasteiger partial charge in [0.1, 0.15) is 11.2 Å². The van der Waals surface area contributed by atoms with Crippen molar-refractivity contribution in [3.8, 4) is 33.4 Å². The first kappa shape index (κ1) is 42.9. The smallest absolute Gasteiger partial charge is 0.143 e. The minimum Gasteiger partial charge on any atom is -0.455 e. The van der Waals surface area contributed by atoms with Gasteiger partial charge in [-0.25, -0.2) is 0 Å². The van der Waals surface area contributed by atoms with Crippen LogP contribution in [0, 0.1) is 5.92 Å². The molecule has 0 radical (unpaired) electrons. The van der Waals surface area contributed by atoms with Crippen molar-refractivity contribution in [1.29, 1.82) is 0 Å². The number of rotatable bonds is 8. The van der Waals surface area contributed by atoms with Crippen LogP contribution in [0.3, 0.4) is 0 Å². The van der Waals surface area contributed by atoms with Crippen LogP contribution in [0.1, 0.15) is 31.4 Å². The zero-order valence-corrected chi connectivity index (χ0v) is 39.5. The highest BCUT2D eigenvalue weighted by molar-refractivity contribution is 6.09. The number of hydrogen-bond acceptors (Lipinski definition) is 3. The van der Waals surface area contributed by atoms with Gasteiger partial charge in [0.25, 0.3) is 0 Å². The van der Waals surface area contributed by atoms with Crippen molar-refractivity contribution in [3.63, 3.8) is 0 Å². The molecule has 338 valence electrons. The molecule has 1 heterocycles. The maximum absolute atomic E-state index is 6.04. The number of anilines is 3. The molecular weight excluding hydrogens is 849 g/mol. The molecular formula is C67H54N2O. The zero-order valence-electron chi connectivity index (χ0n) is 39.5. The molecule has 13 rings (SSSR count). The van der Waals surface area contributed by atoms with Gasteiger partial charge in [-0.15, -0.1) is 0 Å². The van der Waals surface area contributed by atoms with Crippen LogP contribution in [0.5, 0.6) is 0 Å². The van der Waals surface area contributed by atoms with E-state index >= 15 is 0 Å². The minimum atomic E-state index is -0.114. The number of nitrogens with zero attached hydrogens (tertiary/aromatic N) is 1. The van der Waals surface area contributed by atoms with Crippen LogP contribution in [-0.4, -0.2) is 12.1 Å². The molecule has 0 fully saturated rings. The second kappa shape index (κ2) is 18.3. The molecule has 3 atom stereocenters. The summed E-state index contributed by atoms with van der Waals surface area (Å²) in [4.78, 5) is 2.52. The number of furan rings is 1. The summed E-state index contributed by atoms with van der Waals surface area (Å²) in [5, 5.41) is 6.22. The summed E-state index contributed by atoms with van der Waals surface area (Å²) in [5.41, 5.74) is 19.6. The highest BCUT2D eigenvalue weighted by Gasteiger charge is 2.41. The van der Waals surface area contributed by atoms with Crippen molar-refractivity contribution in [2.75, 3.05) is 10.2 Å². The van der Waals surface area contributed by atoms with Crippen molar-refractivity contribution >= 4 is 44.6 Å². The highest BCUT2D eigenvalue weighted by atomic mass is 16.3. The first-order valence-electron chi connectivity index (χ1n) is 24.6. The monoisotopic (exact) mass is 902 g/mol. The van der Waals surface area contributed by atoms with E-state index in [9.17, 15) is 0 Å². The molecule has 4 aliphatic rings. The van der Waals surface area contributed by atoms with Crippen LogP contribution in [0.2, 0.25) is 0 Å². The van der Waals surface area contributed by atoms with Gasteiger partial charge in [-0.05, 0) is 105 Å². The average Bonchev–Trinajstić information content (AvgIpc) is 3.91. The third-order valence-electron chi connectivity index (χ3n) is 14.6. The SMILES string of the molecule is CC1(C)C2=CC(N(c3ccccc3)c3ccc(-c4ccc(-c5ccccc5)cc4)cc3)CC=C2c2ccc(NC3C=CC=C4C=CC=CC43)cc21.c1ccc(-c2cccc3c2oc2ccccc23)cc1. The summed E-state index contributed by atoms with van der Waals surface area (Å²) < 4.78 is 6.04. The van der Waals surface area contributed by atoms with Gasteiger partial charge < -0.3 is 14.6 Å². The Morgan fingerprint density at radius 3 is 1.91 bits per heavy atom. The Labute approximate surface area is 411 Å². The van der Waals surface area contributed by atoms with Crippen LogP contribution in [0.25, 0.3) is 60.9 Å². The predicted molar refractivity (Wildman–Crippen MR) is 295 cm³/mol. The summed E-state index contributed by atoms with van der Waals surface area (Å²) in [7, 11) is 0.